The van der Waals surface area contributed by atoms with E-state index in [2.05, 4.69) is 10.1 Å². The number of nitrogens with one attached hydrogen (secondary N) is 1. The first kappa shape index (κ1) is 11.3. The fourth-order valence-corrected chi connectivity index (χ4v) is 1.93. The average Bonchev–Trinajstić information content (AvgIpc) is 2.98. The number of fused-ring (bicyclic) bond motifs is 1. The SMILES string of the molecule is O=C(O)c1ccc2c(c1)[nH]c(=O)n2Cc1ccno1. The molecule has 1 aromatic carbocycles. The lowest BCUT2D eigenvalue weighted by molar-refractivity contribution is 0.0697. The Morgan fingerprint density at radius 1 is 1.42 bits per heavy atom. The number of H-pyrrole nitrogens is 1. The maximum Gasteiger partial charge on any atom is 0.335 e. The number of aromatic carboxylic acids is 1. The third-order valence-electron chi connectivity index (χ3n) is 2.83. The highest BCUT2D eigenvalue weighted by molar-refractivity contribution is 5.92. The van der Waals surface area contributed by atoms with Gasteiger partial charge in [0.2, 0.25) is 0 Å². The molecule has 2 aromatic heterocycles. The molecular weight excluding hydrogens is 250 g/mol. The summed E-state index contributed by atoms with van der Waals surface area (Å²) >= 11 is 0. The predicted octanol–water partition coefficient (Wildman–Crippen LogP) is 1.06. The monoisotopic (exact) mass is 259 g/mol. The van der Waals surface area contributed by atoms with Crippen molar-refractivity contribution in [3.05, 3.63) is 52.3 Å². The van der Waals surface area contributed by atoms with Crippen LogP contribution in [-0.2, 0) is 6.54 Å². The Kier molecular flexibility index (Phi) is 2.45. The summed E-state index contributed by atoms with van der Waals surface area (Å²) in [6, 6.07) is 6.13. The Bertz CT molecular complexity index is 798. The number of imidazole rings is 1. The fraction of sp³-hybridized carbons (Fsp3) is 0.0833. The van der Waals surface area contributed by atoms with Crippen LogP contribution < -0.4 is 5.69 Å². The van der Waals surface area contributed by atoms with Crippen LogP contribution in [0.2, 0.25) is 0 Å². The summed E-state index contributed by atoms with van der Waals surface area (Å²) in [6.07, 6.45) is 1.50. The van der Waals surface area contributed by atoms with Crippen molar-refractivity contribution in [2.75, 3.05) is 0 Å². The first-order chi connectivity index (χ1) is 9.15. The van der Waals surface area contributed by atoms with E-state index < -0.39 is 5.97 Å². The second kappa shape index (κ2) is 4.13. The molecule has 0 aliphatic rings. The predicted molar refractivity (Wildman–Crippen MR) is 65.1 cm³/mol. The Hall–Kier alpha value is -2.83. The molecule has 7 nitrogen and oxygen atoms in total. The van der Waals surface area contributed by atoms with Crippen molar-refractivity contribution in [2.24, 2.45) is 0 Å². The molecule has 3 rings (SSSR count). The number of rotatable bonds is 3. The van der Waals surface area contributed by atoms with E-state index in [1.54, 1.807) is 12.1 Å². The molecule has 0 aliphatic carbocycles. The van der Waals surface area contributed by atoms with Crippen LogP contribution >= 0.6 is 0 Å². The standard InChI is InChI=1S/C12H9N3O4/c16-11(17)7-1-2-10-9(5-7)14-12(18)15(10)6-8-3-4-13-19-8/h1-5H,6H2,(H,14,18)(H,16,17). The van der Waals surface area contributed by atoms with Gasteiger partial charge in [0.25, 0.3) is 0 Å². The normalized spacial score (nSPS) is 10.9. The minimum Gasteiger partial charge on any atom is -0.478 e. The molecule has 0 atom stereocenters. The van der Waals surface area contributed by atoms with E-state index in [0.717, 1.165) is 0 Å². The quantitative estimate of drug-likeness (QED) is 0.732. The molecule has 3 aromatic rings. The maximum atomic E-state index is 11.8. The molecule has 2 heterocycles. The molecular formula is C12H9N3O4. The van der Waals surface area contributed by atoms with Gasteiger partial charge in [-0.25, -0.2) is 9.59 Å². The summed E-state index contributed by atoms with van der Waals surface area (Å²) in [5.41, 5.74) is 0.894. The highest BCUT2D eigenvalue weighted by Gasteiger charge is 2.11. The third kappa shape index (κ3) is 1.90. The van der Waals surface area contributed by atoms with Crippen molar-refractivity contribution < 1.29 is 14.4 Å². The summed E-state index contributed by atoms with van der Waals surface area (Å²) in [6.45, 7) is 0.241. The van der Waals surface area contributed by atoms with E-state index in [4.69, 9.17) is 9.63 Å². The van der Waals surface area contributed by atoms with Crippen molar-refractivity contribution in [2.45, 2.75) is 6.54 Å². The Balaban J connectivity index is 2.12. The van der Waals surface area contributed by atoms with Gasteiger partial charge in [0.1, 0.15) is 0 Å². The minimum atomic E-state index is -1.04. The van der Waals surface area contributed by atoms with Crippen molar-refractivity contribution in [3.63, 3.8) is 0 Å². The molecule has 0 saturated carbocycles. The topological polar surface area (TPSA) is 101 Å². The smallest absolute Gasteiger partial charge is 0.335 e. The van der Waals surface area contributed by atoms with Crippen LogP contribution in [0.5, 0.6) is 0 Å². The molecule has 0 unspecified atom stereocenters. The number of nitrogens with zero attached hydrogens (tertiary/aromatic N) is 2. The van der Waals surface area contributed by atoms with Gasteiger partial charge in [-0.2, -0.15) is 0 Å². The molecule has 0 saturated heterocycles. The van der Waals surface area contributed by atoms with Gasteiger partial charge < -0.3 is 14.6 Å². The molecule has 0 radical (unpaired) electrons. The number of aromatic amines is 1. The second-order valence-electron chi connectivity index (χ2n) is 4.03. The maximum absolute atomic E-state index is 11.8. The zero-order valence-corrected chi connectivity index (χ0v) is 9.66. The number of carboxylic acids is 1. The molecule has 0 amide bonds. The Morgan fingerprint density at radius 3 is 2.95 bits per heavy atom. The highest BCUT2D eigenvalue weighted by atomic mass is 16.5. The zero-order chi connectivity index (χ0) is 13.4. The van der Waals surface area contributed by atoms with Crippen LogP contribution in [0.15, 0.2) is 39.8 Å². The first-order valence-corrected chi connectivity index (χ1v) is 5.50. The summed E-state index contributed by atoms with van der Waals surface area (Å²) in [5.74, 6) is -0.490. The van der Waals surface area contributed by atoms with E-state index in [9.17, 15) is 9.59 Å². The largest absolute Gasteiger partial charge is 0.478 e. The van der Waals surface area contributed by atoms with Crippen LogP contribution in [0.3, 0.4) is 0 Å². The summed E-state index contributed by atoms with van der Waals surface area (Å²) in [7, 11) is 0. The zero-order valence-electron chi connectivity index (χ0n) is 9.66. The summed E-state index contributed by atoms with van der Waals surface area (Å²) in [5, 5.41) is 12.5. The van der Waals surface area contributed by atoms with E-state index in [1.165, 1.54) is 22.9 Å². The van der Waals surface area contributed by atoms with Crippen molar-refractivity contribution in [1.82, 2.24) is 14.7 Å². The van der Waals surface area contributed by atoms with Gasteiger partial charge in [-0.1, -0.05) is 5.16 Å². The van der Waals surface area contributed by atoms with Gasteiger partial charge in [-0.05, 0) is 18.2 Å². The molecule has 0 fully saturated rings. The van der Waals surface area contributed by atoms with Gasteiger partial charge in [0.15, 0.2) is 5.76 Å². The first-order valence-electron chi connectivity index (χ1n) is 5.50. The van der Waals surface area contributed by atoms with E-state index in [0.29, 0.717) is 16.8 Å². The Morgan fingerprint density at radius 2 is 2.26 bits per heavy atom. The lowest BCUT2D eigenvalue weighted by Gasteiger charge is -2.00. The van der Waals surface area contributed by atoms with Crippen LogP contribution in [-0.4, -0.2) is 25.8 Å². The second-order valence-corrected chi connectivity index (χ2v) is 4.03. The van der Waals surface area contributed by atoms with Crippen molar-refractivity contribution >= 4 is 17.0 Å². The fourth-order valence-electron chi connectivity index (χ4n) is 1.93. The van der Waals surface area contributed by atoms with Gasteiger partial charge in [-0.3, -0.25) is 4.57 Å². The van der Waals surface area contributed by atoms with Gasteiger partial charge in [-0.15, -0.1) is 0 Å². The Labute approximate surface area is 106 Å². The number of aromatic nitrogens is 3. The van der Waals surface area contributed by atoms with Crippen LogP contribution in [0.25, 0.3) is 11.0 Å². The van der Waals surface area contributed by atoms with E-state index in [-0.39, 0.29) is 17.8 Å². The number of carboxylic acid groups (broad SMARTS) is 1. The highest BCUT2D eigenvalue weighted by Crippen LogP contribution is 2.14. The molecule has 0 spiro atoms. The van der Waals surface area contributed by atoms with Gasteiger partial charge in [0, 0.05) is 6.07 Å². The third-order valence-corrected chi connectivity index (χ3v) is 2.83. The van der Waals surface area contributed by atoms with Crippen molar-refractivity contribution in [3.8, 4) is 0 Å². The van der Waals surface area contributed by atoms with Gasteiger partial charge >= 0.3 is 11.7 Å². The van der Waals surface area contributed by atoms with E-state index >= 15 is 0 Å². The number of hydrogen-bond donors (Lipinski definition) is 2. The number of benzene rings is 1. The molecule has 7 heteroatoms. The van der Waals surface area contributed by atoms with Crippen molar-refractivity contribution in [1.29, 1.82) is 0 Å². The lowest BCUT2D eigenvalue weighted by Crippen LogP contribution is -2.16. The summed E-state index contributed by atoms with van der Waals surface area (Å²) < 4.78 is 6.41. The molecule has 0 bridgehead atoms. The minimum absolute atomic E-state index is 0.126. The van der Waals surface area contributed by atoms with Crippen LogP contribution in [0, 0.1) is 0 Å². The summed E-state index contributed by atoms with van der Waals surface area (Å²) in [4.78, 5) is 25.3. The van der Waals surface area contributed by atoms with Crippen LogP contribution in [0.4, 0.5) is 0 Å². The van der Waals surface area contributed by atoms with Gasteiger partial charge in [0.05, 0.1) is 29.3 Å². The molecule has 96 valence electrons. The van der Waals surface area contributed by atoms with Crippen LogP contribution in [0.1, 0.15) is 16.1 Å². The average molecular weight is 259 g/mol. The molecule has 19 heavy (non-hydrogen) atoms. The number of carbonyl (C=O) groups is 1. The molecule has 0 aliphatic heterocycles. The number of hydrogen-bond acceptors (Lipinski definition) is 4. The lowest BCUT2D eigenvalue weighted by atomic mass is 10.2. The van der Waals surface area contributed by atoms with E-state index in [1.807, 2.05) is 0 Å². The molecule has 2 N–H and O–H groups in total.